The zero-order valence-corrected chi connectivity index (χ0v) is 5.22. The summed E-state index contributed by atoms with van der Waals surface area (Å²) in [6.45, 7) is 3.38. The second-order valence-corrected chi connectivity index (χ2v) is 1.64. The molecule has 0 N–H and O–H groups in total. The second kappa shape index (κ2) is 3.13. The smallest absolute Gasteiger partial charge is 0.00499 e. The van der Waals surface area contributed by atoms with Crippen molar-refractivity contribution in [2.24, 2.45) is 0 Å². The van der Waals surface area contributed by atoms with Crippen LogP contribution in [0, 0.1) is 0 Å². The fourth-order valence-corrected chi connectivity index (χ4v) is 0.250. The average Bonchev–Trinajstić information content (AvgIpc) is 1.67. The Hall–Kier alpha value is -0.920. The first kappa shape index (κ1) is 7.08. The predicted molar refractivity (Wildman–Crippen MR) is 32.0 cm³/mol. The number of allylic oxidation sites excluding steroid dienone is 2. The average molecular weight is 112 g/mol. The van der Waals surface area contributed by atoms with E-state index in [0.717, 1.165) is 0 Å². The van der Waals surface area contributed by atoms with Gasteiger partial charge in [0.1, 0.15) is 0 Å². The monoisotopic (exact) mass is 112 g/mol. The fourth-order valence-electron chi connectivity index (χ4n) is 0.250. The minimum atomic E-state index is -0.0278. The molecule has 0 saturated carbocycles. The van der Waals surface area contributed by atoms with Crippen molar-refractivity contribution in [3.05, 3.63) is 24.6 Å². The SMILES string of the molecule is C=C/C=C(\[O-])N(C)C. The summed E-state index contributed by atoms with van der Waals surface area (Å²) < 4.78 is 0. The molecule has 0 aromatic carbocycles. The maximum atomic E-state index is 10.5. The highest BCUT2D eigenvalue weighted by Gasteiger charge is 1.76. The van der Waals surface area contributed by atoms with Gasteiger partial charge in [0.2, 0.25) is 0 Å². The zero-order valence-electron chi connectivity index (χ0n) is 5.22. The molecule has 0 atom stereocenters. The molecule has 0 spiro atoms. The Morgan fingerprint density at radius 3 is 2.25 bits per heavy atom. The molecule has 2 heteroatoms. The van der Waals surface area contributed by atoms with Gasteiger partial charge in [0.15, 0.2) is 0 Å². The molecule has 0 saturated heterocycles. The molecule has 0 aromatic heterocycles. The van der Waals surface area contributed by atoms with Crippen LogP contribution in [0.1, 0.15) is 0 Å². The Kier molecular flexibility index (Phi) is 2.77. The Bertz CT molecular complexity index is 105. The third kappa shape index (κ3) is 2.29. The van der Waals surface area contributed by atoms with Gasteiger partial charge in [-0.05, 0) is 5.88 Å². The molecule has 0 aliphatic rings. The molecule has 0 unspecified atom stereocenters. The van der Waals surface area contributed by atoms with E-state index in [1.54, 1.807) is 14.1 Å². The van der Waals surface area contributed by atoms with E-state index in [1.165, 1.54) is 17.1 Å². The molecule has 0 radical (unpaired) electrons. The standard InChI is InChI=1S/C6H11NO/c1-4-5-6(8)7(2)3/h4-5,8H,1H2,2-3H3/p-1/b6-5-. The van der Waals surface area contributed by atoms with Crippen LogP contribution in [0.2, 0.25) is 0 Å². The largest absolute Gasteiger partial charge is 0.860 e. The van der Waals surface area contributed by atoms with Crippen LogP contribution in [0.25, 0.3) is 0 Å². The minimum absolute atomic E-state index is 0.0278. The minimum Gasteiger partial charge on any atom is -0.860 e. The van der Waals surface area contributed by atoms with Crippen LogP contribution in [0.3, 0.4) is 0 Å². The van der Waals surface area contributed by atoms with Crippen LogP contribution >= 0.6 is 0 Å². The lowest BCUT2D eigenvalue weighted by Gasteiger charge is -2.20. The molecule has 0 bridgehead atoms. The molecule has 0 aromatic rings. The molecule has 2 nitrogen and oxygen atoms in total. The van der Waals surface area contributed by atoms with E-state index in [2.05, 4.69) is 6.58 Å². The lowest BCUT2D eigenvalue weighted by molar-refractivity contribution is -0.328. The van der Waals surface area contributed by atoms with E-state index < -0.39 is 0 Å². The summed E-state index contributed by atoms with van der Waals surface area (Å²) in [7, 11) is 3.39. The lowest BCUT2D eigenvalue weighted by atomic mass is 10.5. The quantitative estimate of drug-likeness (QED) is 0.369. The van der Waals surface area contributed by atoms with Crippen molar-refractivity contribution >= 4 is 0 Å². The van der Waals surface area contributed by atoms with Crippen molar-refractivity contribution in [1.29, 1.82) is 0 Å². The van der Waals surface area contributed by atoms with Crippen LogP contribution in [0.4, 0.5) is 0 Å². The van der Waals surface area contributed by atoms with Gasteiger partial charge in [-0.25, -0.2) is 0 Å². The molecule has 0 heterocycles. The van der Waals surface area contributed by atoms with Gasteiger partial charge in [0.25, 0.3) is 0 Å². The van der Waals surface area contributed by atoms with E-state index >= 15 is 0 Å². The van der Waals surface area contributed by atoms with Gasteiger partial charge in [-0.1, -0.05) is 18.7 Å². The van der Waals surface area contributed by atoms with E-state index in [0.29, 0.717) is 0 Å². The Labute approximate surface area is 49.7 Å². The maximum absolute atomic E-state index is 10.5. The van der Waals surface area contributed by atoms with Crippen molar-refractivity contribution in [1.82, 2.24) is 4.90 Å². The first-order valence-corrected chi connectivity index (χ1v) is 2.35. The Morgan fingerprint density at radius 2 is 2.12 bits per heavy atom. The summed E-state index contributed by atoms with van der Waals surface area (Å²) >= 11 is 0. The molecule has 0 rings (SSSR count). The maximum Gasteiger partial charge on any atom is 0.00499 e. The second-order valence-electron chi connectivity index (χ2n) is 1.64. The van der Waals surface area contributed by atoms with E-state index in [9.17, 15) is 5.11 Å². The first-order valence-electron chi connectivity index (χ1n) is 2.35. The molecular weight excluding hydrogens is 102 g/mol. The summed E-state index contributed by atoms with van der Waals surface area (Å²) in [5.74, 6) is -0.0278. The van der Waals surface area contributed by atoms with E-state index in [1.807, 2.05) is 0 Å². The molecule has 46 valence electrons. The van der Waals surface area contributed by atoms with Gasteiger partial charge in [-0.15, -0.1) is 0 Å². The summed E-state index contributed by atoms with van der Waals surface area (Å²) in [5.41, 5.74) is 0. The first-order chi connectivity index (χ1) is 3.68. The van der Waals surface area contributed by atoms with Gasteiger partial charge in [0, 0.05) is 14.1 Å². The molecule has 0 aliphatic carbocycles. The van der Waals surface area contributed by atoms with Crippen molar-refractivity contribution in [3.8, 4) is 0 Å². The summed E-state index contributed by atoms with van der Waals surface area (Å²) in [5, 5.41) is 10.5. The highest BCUT2D eigenvalue weighted by atomic mass is 16.3. The van der Waals surface area contributed by atoms with Crippen LogP contribution < -0.4 is 5.11 Å². The van der Waals surface area contributed by atoms with Crippen molar-refractivity contribution in [2.75, 3.05) is 14.1 Å². The Morgan fingerprint density at radius 1 is 1.62 bits per heavy atom. The third-order valence-electron chi connectivity index (χ3n) is 0.701. The topological polar surface area (TPSA) is 26.3 Å². The predicted octanol–water partition coefficient (Wildman–Crippen LogP) is -0.0643. The fraction of sp³-hybridized carbons (Fsp3) is 0.333. The summed E-state index contributed by atoms with van der Waals surface area (Å²) in [6.07, 6.45) is 2.89. The number of hydrogen-bond donors (Lipinski definition) is 0. The highest BCUT2D eigenvalue weighted by Crippen LogP contribution is 1.85. The summed E-state index contributed by atoms with van der Waals surface area (Å²) in [4.78, 5) is 1.49. The molecule has 8 heavy (non-hydrogen) atoms. The zero-order chi connectivity index (χ0) is 6.57. The van der Waals surface area contributed by atoms with Gasteiger partial charge in [-0.2, -0.15) is 0 Å². The van der Waals surface area contributed by atoms with Crippen LogP contribution in [0.5, 0.6) is 0 Å². The van der Waals surface area contributed by atoms with Crippen molar-refractivity contribution in [3.63, 3.8) is 0 Å². The molecule has 0 fully saturated rings. The molecule has 0 amide bonds. The van der Waals surface area contributed by atoms with Crippen LogP contribution in [0.15, 0.2) is 24.6 Å². The van der Waals surface area contributed by atoms with Gasteiger partial charge < -0.3 is 10.0 Å². The number of hydrogen-bond acceptors (Lipinski definition) is 2. The summed E-state index contributed by atoms with van der Waals surface area (Å²) in [6, 6.07) is 0. The van der Waals surface area contributed by atoms with E-state index in [4.69, 9.17) is 0 Å². The van der Waals surface area contributed by atoms with Gasteiger partial charge in [-0.3, -0.25) is 0 Å². The third-order valence-corrected chi connectivity index (χ3v) is 0.701. The Balaban J connectivity index is 3.78. The van der Waals surface area contributed by atoms with E-state index in [-0.39, 0.29) is 5.88 Å². The van der Waals surface area contributed by atoms with Crippen molar-refractivity contribution in [2.45, 2.75) is 0 Å². The molecular formula is C6H10NO-. The van der Waals surface area contributed by atoms with Gasteiger partial charge >= 0.3 is 0 Å². The highest BCUT2D eigenvalue weighted by molar-refractivity contribution is 4.99. The van der Waals surface area contributed by atoms with Crippen molar-refractivity contribution < 1.29 is 5.11 Å². The number of nitrogens with zero attached hydrogens (tertiary/aromatic N) is 1. The van der Waals surface area contributed by atoms with Crippen LogP contribution in [-0.4, -0.2) is 19.0 Å². The lowest BCUT2D eigenvalue weighted by Crippen LogP contribution is -2.21. The molecule has 0 aliphatic heterocycles. The number of rotatable bonds is 2. The van der Waals surface area contributed by atoms with Crippen LogP contribution in [-0.2, 0) is 0 Å². The van der Waals surface area contributed by atoms with Gasteiger partial charge in [0.05, 0.1) is 0 Å². The normalized spacial score (nSPS) is 11.0.